The van der Waals surface area contributed by atoms with E-state index in [0.717, 1.165) is 29.5 Å². The van der Waals surface area contributed by atoms with Gasteiger partial charge in [0.2, 0.25) is 0 Å². The van der Waals surface area contributed by atoms with Crippen molar-refractivity contribution < 1.29 is 14.4 Å². The smallest absolute Gasteiger partial charge is 0.261 e. The van der Waals surface area contributed by atoms with Crippen molar-refractivity contribution in [3.63, 3.8) is 0 Å². The van der Waals surface area contributed by atoms with Crippen LogP contribution in [0.1, 0.15) is 56.4 Å². The zero-order valence-electron chi connectivity index (χ0n) is 19.7. The Hall–Kier alpha value is -3.74. The van der Waals surface area contributed by atoms with Crippen LogP contribution in [0.15, 0.2) is 54.9 Å². The molecular formula is C27H28N4O3. The second-order valence-electron chi connectivity index (χ2n) is 9.40. The molecule has 1 saturated heterocycles. The molecule has 3 amide bonds. The molecule has 0 radical (unpaired) electrons. The first-order valence-electron chi connectivity index (χ1n) is 11.7. The quantitative estimate of drug-likeness (QED) is 0.558. The summed E-state index contributed by atoms with van der Waals surface area (Å²) in [4.78, 5) is 43.2. The molecule has 0 unspecified atom stereocenters. The number of piperidine rings is 1. The summed E-state index contributed by atoms with van der Waals surface area (Å²) < 4.78 is 1.72. The van der Waals surface area contributed by atoms with Crippen LogP contribution >= 0.6 is 0 Å². The van der Waals surface area contributed by atoms with Gasteiger partial charge in [-0.15, -0.1) is 0 Å². The normalized spacial score (nSPS) is 20.1. The molecule has 34 heavy (non-hydrogen) atoms. The van der Waals surface area contributed by atoms with Crippen molar-refractivity contribution in [2.45, 2.75) is 32.7 Å². The van der Waals surface area contributed by atoms with E-state index in [2.05, 4.69) is 12.0 Å². The molecule has 0 bridgehead atoms. The number of hydrogen-bond donors (Lipinski definition) is 0. The van der Waals surface area contributed by atoms with Gasteiger partial charge in [0.1, 0.15) is 0 Å². The fourth-order valence-electron chi connectivity index (χ4n) is 5.17. The molecule has 0 saturated carbocycles. The van der Waals surface area contributed by atoms with Crippen LogP contribution in [0.2, 0.25) is 0 Å². The maximum absolute atomic E-state index is 14.0. The van der Waals surface area contributed by atoms with Crippen LogP contribution in [0.5, 0.6) is 0 Å². The summed E-state index contributed by atoms with van der Waals surface area (Å²) in [7, 11) is 1.85. The van der Waals surface area contributed by atoms with Crippen LogP contribution in [-0.2, 0) is 7.05 Å². The van der Waals surface area contributed by atoms with Gasteiger partial charge in [0.15, 0.2) is 0 Å². The lowest BCUT2D eigenvalue weighted by molar-refractivity contribution is 0.0369. The molecular weight excluding hydrogens is 428 g/mol. The van der Waals surface area contributed by atoms with Gasteiger partial charge < -0.3 is 4.90 Å². The van der Waals surface area contributed by atoms with E-state index < -0.39 is 0 Å². The van der Waals surface area contributed by atoms with Gasteiger partial charge in [-0.2, -0.15) is 5.10 Å². The van der Waals surface area contributed by atoms with Gasteiger partial charge in [-0.25, -0.2) is 0 Å². The second kappa shape index (κ2) is 8.56. The van der Waals surface area contributed by atoms with E-state index >= 15 is 0 Å². The Morgan fingerprint density at radius 3 is 2.41 bits per heavy atom. The number of benzene rings is 2. The SMILES string of the molecule is Cc1ccc(-c2cnn(C)c2)c(C(=O)N2CCC[C@@H](C)[C@H]2CN2C(=O)c3ccccc3C2=O)c1. The van der Waals surface area contributed by atoms with Crippen molar-refractivity contribution in [2.75, 3.05) is 13.1 Å². The number of likely N-dealkylation sites (tertiary alicyclic amines) is 1. The monoisotopic (exact) mass is 456 g/mol. The molecule has 2 aliphatic rings. The molecule has 2 aromatic carbocycles. The summed E-state index contributed by atoms with van der Waals surface area (Å²) in [5.74, 6) is -0.473. The second-order valence-corrected chi connectivity index (χ2v) is 9.40. The predicted octanol–water partition coefficient (Wildman–Crippen LogP) is 3.93. The summed E-state index contributed by atoms with van der Waals surface area (Å²) in [5.41, 5.74) is 4.21. The molecule has 7 nitrogen and oxygen atoms in total. The number of fused-ring (bicyclic) bond motifs is 1. The van der Waals surface area contributed by atoms with Crippen molar-refractivity contribution in [3.8, 4) is 11.1 Å². The molecule has 1 aromatic heterocycles. The van der Waals surface area contributed by atoms with Crippen molar-refractivity contribution >= 4 is 17.7 Å². The van der Waals surface area contributed by atoms with E-state index in [1.165, 1.54) is 4.90 Å². The minimum atomic E-state index is -0.280. The van der Waals surface area contributed by atoms with Gasteiger partial charge in [0, 0.05) is 30.9 Å². The molecule has 3 heterocycles. The Morgan fingerprint density at radius 2 is 1.76 bits per heavy atom. The molecule has 174 valence electrons. The predicted molar refractivity (Wildman–Crippen MR) is 128 cm³/mol. The van der Waals surface area contributed by atoms with Crippen molar-refractivity contribution in [2.24, 2.45) is 13.0 Å². The zero-order valence-corrected chi connectivity index (χ0v) is 19.7. The summed E-state index contributed by atoms with van der Waals surface area (Å²) >= 11 is 0. The highest BCUT2D eigenvalue weighted by molar-refractivity contribution is 6.21. The van der Waals surface area contributed by atoms with E-state index in [9.17, 15) is 14.4 Å². The van der Waals surface area contributed by atoms with Crippen molar-refractivity contribution in [3.05, 3.63) is 77.1 Å². The Bertz CT molecular complexity index is 1260. The summed E-state index contributed by atoms with van der Waals surface area (Å²) in [6.45, 7) is 4.87. The van der Waals surface area contributed by atoms with Gasteiger partial charge in [-0.3, -0.25) is 24.0 Å². The lowest BCUT2D eigenvalue weighted by atomic mass is 9.89. The van der Waals surface area contributed by atoms with Crippen LogP contribution in [0.3, 0.4) is 0 Å². The van der Waals surface area contributed by atoms with E-state index in [-0.39, 0.29) is 36.2 Å². The third-order valence-corrected chi connectivity index (χ3v) is 7.05. The first-order chi connectivity index (χ1) is 16.3. The molecule has 1 fully saturated rings. The van der Waals surface area contributed by atoms with Gasteiger partial charge in [0.05, 0.1) is 29.9 Å². The van der Waals surface area contributed by atoms with Crippen LogP contribution in [0, 0.1) is 12.8 Å². The Morgan fingerprint density at radius 1 is 1.06 bits per heavy atom. The van der Waals surface area contributed by atoms with E-state index in [0.29, 0.717) is 23.2 Å². The number of carbonyl (C=O) groups excluding carboxylic acids is 3. The van der Waals surface area contributed by atoms with Gasteiger partial charge in [-0.05, 0) is 49.4 Å². The molecule has 0 N–H and O–H groups in total. The first-order valence-corrected chi connectivity index (χ1v) is 11.7. The Kier molecular flexibility index (Phi) is 5.55. The fraction of sp³-hybridized carbons (Fsp3) is 0.333. The van der Waals surface area contributed by atoms with Crippen molar-refractivity contribution in [1.82, 2.24) is 19.6 Å². The van der Waals surface area contributed by atoms with E-state index in [1.807, 2.05) is 43.3 Å². The van der Waals surface area contributed by atoms with Gasteiger partial charge >= 0.3 is 0 Å². The summed E-state index contributed by atoms with van der Waals surface area (Å²) in [6, 6.07) is 12.6. The standard InChI is InChI=1S/C27H28N4O3/c1-17-10-11-20(19-14-28-29(3)15-19)23(13-17)27(34)30-12-6-7-18(2)24(30)16-31-25(32)21-8-4-5-9-22(21)26(31)33/h4-5,8-11,13-15,18,24H,6-7,12,16H2,1-3H3/t18-,24-/m1/s1. The van der Waals surface area contributed by atoms with Gasteiger partial charge in [0.25, 0.3) is 17.7 Å². The highest BCUT2D eigenvalue weighted by Gasteiger charge is 2.41. The minimum Gasteiger partial charge on any atom is -0.334 e. The summed E-state index contributed by atoms with van der Waals surface area (Å²) in [6.07, 6.45) is 5.49. The Labute approximate surface area is 199 Å². The number of hydrogen-bond acceptors (Lipinski definition) is 4. The number of amides is 3. The minimum absolute atomic E-state index is 0.0734. The number of aryl methyl sites for hydroxylation is 2. The van der Waals surface area contributed by atoms with Crippen LogP contribution in [0.25, 0.3) is 11.1 Å². The molecule has 2 aliphatic heterocycles. The lowest BCUT2D eigenvalue weighted by Gasteiger charge is -2.41. The Balaban J connectivity index is 1.48. The molecule has 3 aromatic rings. The average Bonchev–Trinajstić information content (AvgIpc) is 3.36. The molecule has 2 atom stereocenters. The molecule has 7 heteroatoms. The number of aromatic nitrogens is 2. The number of carbonyl (C=O) groups is 3. The molecule has 5 rings (SSSR count). The summed E-state index contributed by atoms with van der Waals surface area (Å²) in [5, 5.41) is 4.27. The van der Waals surface area contributed by atoms with Crippen LogP contribution < -0.4 is 0 Å². The fourth-order valence-corrected chi connectivity index (χ4v) is 5.17. The number of nitrogens with zero attached hydrogens (tertiary/aromatic N) is 4. The topological polar surface area (TPSA) is 75.5 Å². The largest absolute Gasteiger partial charge is 0.334 e. The highest BCUT2D eigenvalue weighted by Crippen LogP contribution is 2.32. The third kappa shape index (κ3) is 3.71. The van der Waals surface area contributed by atoms with Gasteiger partial charge in [-0.1, -0.05) is 36.8 Å². The van der Waals surface area contributed by atoms with Crippen molar-refractivity contribution in [1.29, 1.82) is 0 Å². The van der Waals surface area contributed by atoms with Crippen LogP contribution in [-0.4, -0.2) is 56.4 Å². The van der Waals surface area contributed by atoms with Crippen LogP contribution in [0.4, 0.5) is 0 Å². The first kappa shape index (κ1) is 22.1. The number of imide groups is 1. The molecule has 0 spiro atoms. The molecule has 0 aliphatic carbocycles. The van der Waals surface area contributed by atoms with E-state index in [1.54, 1.807) is 35.1 Å². The maximum Gasteiger partial charge on any atom is 0.261 e. The lowest BCUT2D eigenvalue weighted by Crippen LogP contribution is -2.54. The number of rotatable bonds is 4. The maximum atomic E-state index is 14.0. The highest BCUT2D eigenvalue weighted by atomic mass is 16.2. The average molecular weight is 457 g/mol. The van der Waals surface area contributed by atoms with E-state index in [4.69, 9.17) is 0 Å². The third-order valence-electron chi connectivity index (χ3n) is 7.05. The zero-order chi connectivity index (χ0) is 24.0.